The summed E-state index contributed by atoms with van der Waals surface area (Å²) >= 11 is 4.92. The first-order valence-electron chi connectivity index (χ1n) is 11.7. The van der Waals surface area contributed by atoms with Crippen LogP contribution in [0.4, 0.5) is 5.13 Å². The number of benzene rings is 2. The van der Waals surface area contributed by atoms with Gasteiger partial charge < -0.3 is 0 Å². The highest BCUT2D eigenvalue weighted by Crippen LogP contribution is 2.33. The zero-order valence-electron chi connectivity index (χ0n) is 19.7. The number of halogens is 1. The highest BCUT2D eigenvalue weighted by atomic mass is 79.9. The number of anilines is 1. The number of aromatic nitrogens is 2. The number of rotatable bonds is 6. The summed E-state index contributed by atoms with van der Waals surface area (Å²) in [6, 6.07) is 15.8. The molecule has 1 fully saturated rings. The number of pyridine rings is 1. The van der Waals surface area contributed by atoms with Gasteiger partial charge in [0.25, 0.3) is 5.91 Å². The number of hydrogen-bond acceptors (Lipinski definition) is 6. The van der Waals surface area contributed by atoms with Crippen LogP contribution in [0, 0.1) is 5.92 Å². The molecule has 2 aromatic heterocycles. The molecule has 0 radical (unpaired) electrons. The third-order valence-electron chi connectivity index (χ3n) is 6.24. The standard InChI is InChI=1S/C26H25BrN4O3S2/c1-18-4-3-13-30(16-18)36(33,34)22-9-6-20(7-10-22)25(32)31(17-19-5-2-12-28-15-19)26-29-23-11-8-21(27)14-24(23)35-26/h2,5-12,14-15,18H,3-4,13,16-17H2,1H3. The fraction of sp³-hybridized carbons (Fsp3) is 0.269. The lowest BCUT2D eigenvalue weighted by molar-refractivity contribution is 0.0985. The first-order valence-corrected chi connectivity index (χ1v) is 14.7. The first kappa shape index (κ1) is 25.0. The van der Waals surface area contributed by atoms with E-state index in [0.29, 0.717) is 36.2 Å². The molecule has 1 aliphatic rings. The summed E-state index contributed by atoms with van der Waals surface area (Å²) in [5.41, 5.74) is 2.06. The number of amides is 1. The van der Waals surface area contributed by atoms with E-state index in [1.54, 1.807) is 33.7 Å². The summed E-state index contributed by atoms with van der Waals surface area (Å²) < 4.78 is 29.7. The number of thiazole rings is 1. The van der Waals surface area contributed by atoms with E-state index in [0.717, 1.165) is 33.1 Å². The fourth-order valence-electron chi connectivity index (χ4n) is 4.34. The Balaban J connectivity index is 1.46. The molecular weight excluding hydrogens is 560 g/mol. The van der Waals surface area contributed by atoms with Crippen molar-refractivity contribution in [3.63, 3.8) is 0 Å². The molecule has 0 spiro atoms. The maximum Gasteiger partial charge on any atom is 0.260 e. The lowest BCUT2D eigenvalue weighted by Crippen LogP contribution is -2.39. The molecule has 0 aliphatic carbocycles. The molecule has 1 aliphatic heterocycles. The van der Waals surface area contributed by atoms with Crippen molar-refractivity contribution in [2.45, 2.75) is 31.2 Å². The normalized spacial score (nSPS) is 16.8. The summed E-state index contributed by atoms with van der Waals surface area (Å²) in [6.45, 7) is 3.41. The van der Waals surface area contributed by atoms with E-state index < -0.39 is 10.0 Å². The minimum atomic E-state index is -3.59. The lowest BCUT2D eigenvalue weighted by atomic mass is 10.0. The van der Waals surface area contributed by atoms with Crippen molar-refractivity contribution >= 4 is 58.5 Å². The molecule has 4 aromatic rings. The molecule has 7 nitrogen and oxygen atoms in total. The Morgan fingerprint density at radius 3 is 2.72 bits per heavy atom. The van der Waals surface area contributed by atoms with Crippen LogP contribution in [-0.2, 0) is 16.6 Å². The highest BCUT2D eigenvalue weighted by Gasteiger charge is 2.29. The molecule has 0 bridgehead atoms. The van der Waals surface area contributed by atoms with Crippen molar-refractivity contribution < 1.29 is 13.2 Å². The van der Waals surface area contributed by atoms with Crippen molar-refractivity contribution in [1.82, 2.24) is 14.3 Å². The second-order valence-electron chi connectivity index (χ2n) is 9.00. The van der Waals surface area contributed by atoms with Crippen LogP contribution in [0.5, 0.6) is 0 Å². The second-order valence-corrected chi connectivity index (χ2v) is 12.9. The summed E-state index contributed by atoms with van der Waals surface area (Å²) in [5.74, 6) is 0.0809. The van der Waals surface area contributed by atoms with Gasteiger partial charge in [-0.1, -0.05) is 40.3 Å². The number of piperidine rings is 1. The Bertz CT molecular complexity index is 1490. The van der Waals surface area contributed by atoms with Crippen molar-refractivity contribution in [3.8, 4) is 0 Å². The molecule has 2 aromatic carbocycles. The van der Waals surface area contributed by atoms with Gasteiger partial charge in [0, 0.05) is 35.5 Å². The summed E-state index contributed by atoms with van der Waals surface area (Å²) in [6.07, 6.45) is 5.31. The Morgan fingerprint density at radius 1 is 1.19 bits per heavy atom. The van der Waals surface area contributed by atoms with Gasteiger partial charge in [-0.05, 0) is 72.9 Å². The molecule has 36 heavy (non-hydrogen) atoms. The molecule has 3 heterocycles. The third-order valence-corrected chi connectivity index (χ3v) is 9.65. The van der Waals surface area contributed by atoms with Crippen LogP contribution in [0.25, 0.3) is 10.2 Å². The van der Waals surface area contributed by atoms with E-state index in [9.17, 15) is 13.2 Å². The van der Waals surface area contributed by atoms with Crippen LogP contribution in [0.1, 0.15) is 35.7 Å². The van der Waals surface area contributed by atoms with Gasteiger partial charge in [-0.2, -0.15) is 4.31 Å². The molecule has 1 amide bonds. The first-order chi connectivity index (χ1) is 17.3. The van der Waals surface area contributed by atoms with E-state index in [2.05, 4.69) is 27.8 Å². The zero-order valence-corrected chi connectivity index (χ0v) is 22.9. The van der Waals surface area contributed by atoms with Crippen molar-refractivity contribution in [2.24, 2.45) is 5.92 Å². The van der Waals surface area contributed by atoms with Crippen molar-refractivity contribution in [2.75, 3.05) is 18.0 Å². The summed E-state index contributed by atoms with van der Waals surface area (Å²) in [4.78, 5) is 24.4. The van der Waals surface area contributed by atoms with Crippen LogP contribution in [0.2, 0.25) is 0 Å². The number of carbonyl (C=O) groups excluding carboxylic acids is 1. The second kappa shape index (κ2) is 10.4. The molecule has 1 atom stereocenters. The van der Waals surface area contributed by atoms with Gasteiger partial charge in [-0.3, -0.25) is 14.7 Å². The van der Waals surface area contributed by atoms with E-state index in [4.69, 9.17) is 4.98 Å². The number of nitrogens with zero attached hydrogens (tertiary/aromatic N) is 4. The predicted molar refractivity (Wildman–Crippen MR) is 146 cm³/mol. The van der Waals surface area contributed by atoms with Gasteiger partial charge in [0.05, 0.1) is 21.7 Å². The molecule has 0 N–H and O–H groups in total. The zero-order chi connectivity index (χ0) is 25.3. The van der Waals surface area contributed by atoms with Gasteiger partial charge in [-0.15, -0.1) is 0 Å². The third kappa shape index (κ3) is 5.22. The molecule has 1 saturated heterocycles. The average Bonchev–Trinajstić information content (AvgIpc) is 3.30. The molecule has 186 valence electrons. The number of fused-ring (bicyclic) bond motifs is 1. The van der Waals surface area contributed by atoms with Gasteiger partial charge in [0.1, 0.15) is 0 Å². The minimum Gasteiger partial charge on any atom is -0.279 e. The van der Waals surface area contributed by atoms with E-state index in [-0.39, 0.29) is 10.8 Å². The van der Waals surface area contributed by atoms with E-state index >= 15 is 0 Å². The van der Waals surface area contributed by atoms with Crippen molar-refractivity contribution in [3.05, 3.63) is 82.6 Å². The largest absolute Gasteiger partial charge is 0.279 e. The monoisotopic (exact) mass is 584 g/mol. The Kier molecular flexibility index (Phi) is 7.21. The smallest absolute Gasteiger partial charge is 0.260 e. The number of carbonyl (C=O) groups is 1. The Hall–Kier alpha value is -2.66. The van der Waals surface area contributed by atoms with Gasteiger partial charge >= 0.3 is 0 Å². The van der Waals surface area contributed by atoms with Crippen LogP contribution in [0.3, 0.4) is 0 Å². The molecular formula is C26H25BrN4O3S2. The minimum absolute atomic E-state index is 0.205. The predicted octanol–water partition coefficient (Wildman–Crippen LogP) is 5.72. The SMILES string of the molecule is CC1CCCN(S(=O)(=O)c2ccc(C(=O)N(Cc3cccnc3)c3nc4ccc(Br)cc4s3)cc2)C1. The van der Waals surface area contributed by atoms with Crippen LogP contribution < -0.4 is 4.90 Å². The van der Waals surface area contributed by atoms with Gasteiger partial charge in [0.15, 0.2) is 5.13 Å². The molecule has 5 rings (SSSR count). The van der Waals surface area contributed by atoms with Gasteiger partial charge in [-0.25, -0.2) is 13.4 Å². The van der Waals surface area contributed by atoms with Crippen LogP contribution in [0.15, 0.2) is 76.4 Å². The van der Waals surface area contributed by atoms with E-state index in [1.165, 1.54) is 23.5 Å². The van der Waals surface area contributed by atoms with E-state index in [1.807, 2.05) is 30.3 Å². The van der Waals surface area contributed by atoms with Crippen LogP contribution >= 0.6 is 27.3 Å². The Labute approximate surface area is 223 Å². The van der Waals surface area contributed by atoms with Crippen molar-refractivity contribution in [1.29, 1.82) is 0 Å². The Morgan fingerprint density at radius 2 is 2.00 bits per heavy atom. The van der Waals surface area contributed by atoms with Crippen LogP contribution in [-0.4, -0.2) is 41.7 Å². The molecule has 10 heteroatoms. The van der Waals surface area contributed by atoms with Gasteiger partial charge in [0.2, 0.25) is 10.0 Å². The maximum absolute atomic E-state index is 13.7. The topological polar surface area (TPSA) is 83.5 Å². The number of sulfonamides is 1. The summed E-state index contributed by atoms with van der Waals surface area (Å²) in [5, 5.41) is 0.566. The highest BCUT2D eigenvalue weighted by molar-refractivity contribution is 9.10. The quantitative estimate of drug-likeness (QED) is 0.289. The maximum atomic E-state index is 13.7. The summed E-state index contributed by atoms with van der Waals surface area (Å²) in [7, 11) is -3.59. The number of hydrogen-bond donors (Lipinski definition) is 0. The fourth-order valence-corrected chi connectivity index (χ4v) is 7.45. The average molecular weight is 586 g/mol. The molecule has 0 saturated carbocycles. The lowest BCUT2D eigenvalue weighted by Gasteiger charge is -2.30. The molecule has 1 unspecified atom stereocenters.